The molecule has 0 unspecified atom stereocenters. The molecule has 1 aromatic carbocycles. The number of amides is 4. The van der Waals surface area contributed by atoms with Crippen molar-refractivity contribution in [1.82, 2.24) is 9.80 Å². The molecule has 1 fully saturated rings. The number of carbonyl (C=O) groups excluding carboxylic acids is 4. The normalized spacial score (nSPS) is 15.4. The van der Waals surface area contributed by atoms with Gasteiger partial charge in [-0.15, -0.1) is 0 Å². The van der Waals surface area contributed by atoms with E-state index >= 15 is 0 Å². The summed E-state index contributed by atoms with van der Waals surface area (Å²) >= 11 is 11.8. The molecular formula is C15H15Cl2N3O5. The Labute approximate surface area is 153 Å². The number of carbonyl (C=O) groups is 4. The molecule has 0 radical (unpaired) electrons. The molecule has 4 amide bonds. The number of imide groups is 1. The third-order valence-corrected chi connectivity index (χ3v) is 3.95. The fourth-order valence-electron chi connectivity index (χ4n) is 2.07. The van der Waals surface area contributed by atoms with Crippen molar-refractivity contribution < 1.29 is 23.9 Å². The number of benzene rings is 1. The van der Waals surface area contributed by atoms with Crippen LogP contribution in [0.5, 0.6) is 0 Å². The number of anilines is 1. The van der Waals surface area contributed by atoms with E-state index < -0.39 is 36.5 Å². The number of urea groups is 1. The van der Waals surface area contributed by atoms with E-state index in [0.717, 1.165) is 4.90 Å². The highest BCUT2D eigenvalue weighted by molar-refractivity contribution is 6.35. The summed E-state index contributed by atoms with van der Waals surface area (Å²) < 4.78 is 4.96. The first-order valence-corrected chi connectivity index (χ1v) is 7.95. The maximum atomic E-state index is 12.1. The molecular weight excluding hydrogens is 373 g/mol. The van der Waals surface area contributed by atoms with Crippen molar-refractivity contribution in [2.75, 3.05) is 25.5 Å². The molecule has 1 heterocycles. The molecule has 1 atom stereocenters. The van der Waals surface area contributed by atoms with Gasteiger partial charge < -0.3 is 15.0 Å². The van der Waals surface area contributed by atoms with E-state index in [1.54, 1.807) is 6.07 Å². The Balaban J connectivity index is 1.92. The van der Waals surface area contributed by atoms with Gasteiger partial charge in [-0.2, -0.15) is 0 Å². The number of likely N-dealkylation sites (N-methyl/N-ethyl adjacent to an activating group) is 1. The van der Waals surface area contributed by atoms with Crippen molar-refractivity contribution in [3.63, 3.8) is 0 Å². The monoisotopic (exact) mass is 387 g/mol. The lowest BCUT2D eigenvalue weighted by atomic mass is 10.3. The molecule has 0 spiro atoms. The molecule has 0 aliphatic carbocycles. The van der Waals surface area contributed by atoms with Crippen molar-refractivity contribution in [1.29, 1.82) is 0 Å². The number of hydrogen-bond donors (Lipinski definition) is 1. The highest BCUT2D eigenvalue weighted by Crippen LogP contribution is 2.25. The van der Waals surface area contributed by atoms with Gasteiger partial charge in [0, 0.05) is 12.1 Å². The van der Waals surface area contributed by atoms with Crippen LogP contribution in [0.25, 0.3) is 0 Å². The Kier molecular flexibility index (Phi) is 5.86. The topological polar surface area (TPSA) is 96.0 Å². The van der Waals surface area contributed by atoms with Crippen LogP contribution in [0, 0.1) is 0 Å². The molecule has 1 aliphatic rings. The number of rotatable bonds is 5. The van der Waals surface area contributed by atoms with Crippen LogP contribution in [0.15, 0.2) is 18.2 Å². The minimum Gasteiger partial charge on any atom is -0.451 e. The molecule has 0 saturated carbocycles. The Hall–Kier alpha value is -2.32. The molecule has 25 heavy (non-hydrogen) atoms. The van der Waals surface area contributed by atoms with Crippen LogP contribution in [0.1, 0.15) is 6.92 Å². The smallest absolute Gasteiger partial charge is 0.327 e. The third-order valence-electron chi connectivity index (χ3n) is 3.38. The van der Waals surface area contributed by atoms with Gasteiger partial charge >= 0.3 is 12.0 Å². The van der Waals surface area contributed by atoms with Crippen molar-refractivity contribution in [2.45, 2.75) is 13.0 Å². The lowest BCUT2D eigenvalue weighted by Crippen LogP contribution is -2.39. The van der Waals surface area contributed by atoms with Crippen LogP contribution < -0.4 is 5.32 Å². The van der Waals surface area contributed by atoms with Crippen molar-refractivity contribution >= 4 is 52.7 Å². The van der Waals surface area contributed by atoms with Crippen LogP contribution >= 0.6 is 23.2 Å². The van der Waals surface area contributed by atoms with Gasteiger partial charge in [0.25, 0.3) is 11.8 Å². The zero-order chi connectivity index (χ0) is 18.7. The van der Waals surface area contributed by atoms with Crippen LogP contribution in [-0.2, 0) is 19.1 Å². The Morgan fingerprint density at radius 2 is 2.00 bits per heavy atom. The van der Waals surface area contributed by atoms with Crippen LogP contribution in [0.2, 0.25) is 10.0 Å². The van der Waals surface area contributed by atoms with Gasteiger partial charge in [-0.3, -0.25) is 19.3 Å². The number of hydrogen-bond acceptors (Lipinski definition) is 5. The first kappa shape index (κ1) is 19.0. The molecule has 1 aliphatic heterocycles. The fourth-order valence-corrected chi connectivity index (χ4v) is 2.41. The summed E-state index contributed by atoms with van der Waals surface area (Å²) in [5.41, 5.74) is 0.272. The Morgan fingerprint density at radius 3 is 2.60 bits per heavy atom. The van der Waals surface area contributed by atoms with E-state index in [0.29, 0.717) is 5.02 Å². The summed E-state index contributed by atoms with van der Waals surface area (Å²) in [6, 6.07) is 3.93. The first-order chi connectivity index (χ1) is 11.7. The molecule has 8 nitrogen and oxygen atoms in total. The molecule has 0 aromatic heterocycles. The van der Waals surface area contributed by atoms with E-state index in [9.17, 15) is 19.2 Å². The Morgan fingerprint density at radius 1 is 1.32 bits per heavy atom. The largest absolute Gasteiger partial charge is 0.451 e. The lowest BCUT2D eigenvalue weighted by molar-refractivity contribution is -0.154. The molecule has 2 rings (SSSR count). The summed E-state index contributed by atoms with van der Waals surface area (Å²) in [5.74, 6) is -2.02. The van der Waals surface area contributed by atoms with Gasteiger partial charge in [-0.25, -0.2) is 4.79 Å². The SMILES string of the molecule is C[C@H](OC(=O)CN1C(=O)CN(C)C1=O)C(=O)Nc1cc(Cl)ccc1Cl. The molecule has 1 saturated heterocycles. The maximum absolute atomic E-state index is 12.1. The lowest BCUT2D eigenvalue weighted by Gasteiger charge is -2.17. The van der Waals surface area contributed by atoms with E-state index in [4.69, 9.17) is 27.9 Å². The second kappa shape index (κ2) is 7.71. The van der Waals surface area contributed by atoms with Crippen LogP contribution in [-0.4, -0.2) is 59.9 Å². The van der Waals surface area contributed by atoms with Gasteiger partial charge in [0.2, 0.25) is 0 Å². The summed E-state index contributed by atoms with van der Waals surface area (Å²) in [4.78, 5) is 49.2. The molecule has 10 heteroatoms. The average Bonchev–Trinajstić information content (AvgIpc) is 2.77. The highest BCUT2D eigenvalue weighted by atomic mass is 35.5. The van der Waals surface area contributed by atoms with Crippen LogP contribution in [0.4, 0.5) is 10.5 Å². The van der Waals surface area contributed by atoms with Crippen molar-refractivity contribution in [3.8, 4) is 0 Å². The second-order valence-corrected chi connectivity index (χ2v) is 6.21. The van der Waals surface area contributed by atoms with Gasteiger partial charge in [0.15, 0.2) is 6.10 Å². The first-order valence-electron chi connectivity index (χ1n) is 7.20. The minimum absolute atomic E-state index is 0.102. The zero-order valence-corrected chi connectivity index (χ0v) is 14.9. The molecule has 1 aromatic rings. The molecule has 0 bridgehead atoms. The quantitative estimate of drug-likeness (QED) is 0.613. The zero-order valence-electron chi connectivity index (χ0n) is 13.4. The predicted octanol–water partition coefficient (Wildman–Crippen LogP) is 1.76. The number of esters is 1. The van der Waals surface area contributed by atoms with Gasteiger partial charge in [0.05, 0.1) is 10.7 Å². The summed E-state index contributed by atoms with van der Waals surface area (Å²) in [6.45, 7) is 0.693. The van der Waals surface area contributed by atoms with Crippen molar-refractivity contribution in [2.24, 2.45) is 0 Å². The predicted molar refractivity (Wildman–Crippen MR) is 90.4 cm³/mol. The van der Waals surface area contributed by atoms with E-state index in [2.05, 4.69) is 5.32 Å². The summed E-state index contributed by atoms with van der Waals surface area (Å²) in [5, 5.41) is 3.13. The minimum atomic E-state index is -1.16. The van der Waals surface area contributed by atoms with Gasteiger partial charge in [0.1, 0.15) is 13.1 Å². The maximum Gasteiger partial charge on any atom is 0.327 e. The second-order valence-electron chi connectivity index (χ2n) is 5.36. The average molecular weight is 388 g/mol. The van der Waals surface area contributed by atoms with E-state index in [-0.39, 0.29) is 17.3 Å². The summed E-state index contributed by atoms with van der Waals surface area (Å²) in [6.07, 6.45) is -1.16. The van der Waals surface area contributed by atoms with Gasteiger partial charge in [-0.05, 0) is 25.1 Å². The number of ether oxygens (including phenoxy) is 1. The standard InChI is InChI=1S/C15H15Cl2N3O5/c1-8(14(23)18-11-5-9(16)3-4-10(11)17)25-13(22)7-20-12(21)6-19(2)15(20)24/h3-5,8H,6-7H2,1-2H3,(H,18,23)/t8-/m0/s1. The number of halogens is 2. The fraction of sp³-hybridized carbons (Fsp3) is 0.333. The Bertz CT molecular complexity index is 740. The van der Waals surface area contributed by atoms with Gasteiger partial charge in [-0.1, -0.05) is 23.2 Å². The number of nitrogens with one attached hydrogen (secondary N) is 1. The highest BCUT2D eigenvalue weighted by Gasteiger charge is 2.35. The third kappa shape index (κ3) is 4.61. The van der Waals surface area contributed by atoms with Crippen molar-refractivity contribution in [3.05, 3.63) is 28.2 Å². The van der Waals surface area contributed by atoms with E-state index in [1.807, 2.05) is 0 Å². The van der Waals surface area contributed by atoms with E-state index in [1.165, 1.54) is 31.0 Å². The summed E-state index contributed by atoms with van der Waals surface area (Å²) in [7, 11) is 1.44. The van der Waals surface area contributed by atoms with Crippen LogP contribution in [0.3, 0.4) is 0 Å². The number of nitrogens with zero attached hydrogens (tertiary/aromatic N) is 2. The molecule has 134 valence electrons. The molecule has 1 N–H and O–H groups in total.